The van der Waals surface area contributed by atoms with Gasteiger partial charge in [0.15, 0.2) is 0 Å². The van der Waals surface area contributed by atoms with Crippen molar-refractivity contribution in [2.45, 2.75) is 52.6 Å². The third-order valence-electron chi connectivity index (χ3n) is 4.30. The molecule has 1 heterocycles. The molecule has 1 aromatic heterocycles. The monoisotopic (exact) mass is 427 g/mol. The van der Waals surface area contributed by atoms with Gasteiger partial charge >= 0.3 is 6.18 Å². The van der Waals surface area contributed by atoms with E-state index in [2.05, 4.69) is 28.9 Å². The summed E-state index contributed by atoms with van der Waals surface area (Å²) >= 11 is 1.34. The van der Waals surface area contributed by atoms with Crippen LogP contribution in [0.25, 0.3) is 10.9 Å². The number of aromatic nitrogens is 1. The second-order valence-corrected chi connectivity index (χ2v) is 8.01. The van der Waals surface area contributed by atoms with Gasteiger partial charge in [-0.15, -0.1) is 0 Å². The van der Waals surface area contributed by atoms with Crippen molar-refractivity contribution in [2.24, 2.45) is 5.92 Å². The maximum absolute atomic E-state index is 13.5. The number of carbonyl (C=O) groups excluding carboxylic acids is 1. The molecule has 1 fully saturated rings. The summed E-state index contributed by atoms with van der Waals surface area (Å²) in [7, 11) is 0. The van der Waals surface area contributed by atoms with Crippen LogP contribution in [0.4, 0.5) is 13.2 Å². The van der Waals surface area contributed by atoms with E-state index in [0.717, 1.165) is 19.4 Å². The maximum Gasteiger partial charge on any atom is 0.418 e. The number of hydrogen-bond donors (Lipinski definition) is 2. The van der Waals surface area contributed by atoms with Crippen molar-refractivity contribution in [1.29, 1.82) is 0 Å². The fourth-order valence-corrected chi connectivity index (χ4v) is 3.48. The van der Waals surface area contributed by atoms with E-state index in [0.29, 0.717) is 22.7 Å². The van der Waals surface area contributed by atoms with E-state index in [1.807, 2.05) is 13.8 Å². The molecule has 0 aliphatic heterocycles. The van der Waals surface area contributed by atoms with Crippen LogP contribution < -0.4 is 10.0 Å². The maximum atomic E-state index is 13.5. The molecule has 0 radical (unpaired) electrons. The summed E-state index contributed by atoms with van der Waals surface area (Å²) in [5.74, 6) is 0.499. The van der Waals surface area contributed by atoms with Gasteiger partial charge in [-0.2, -0.15) is 13.2 Å². The Morgan fingerprint density at radius 2 is 1.93 bits per heavy atom. The average Bonchev–Trinajstić information content (AvgIpc) is 3.52. The number of amides is 1. The minimum Gasteiger partial charge on any atom is -0.340 e. The highest BCUT2D eigenvalue weighted by Gasteiger charge is 2.36. The lowest BCUT2D eigenvalue weighted by molar-refractivity contribution is -0.136. The van der Waals surface area contributed by atoms with E-state index in [9.17, 15) is 18.0 Å². The molecule has 1 aliphatic rings. The fraction of sp³-hybridized carbons (Fsp3) is 0.524. The van der Waals surface area contributed by atoms with Crippen LogP contribution in [0.5, 0.6) is 0 Å². The Hall–Kier alpha value is -1.80. The summed E-state index contributed by atoms with van der Waals surface area (Å²) in [5, 5.41) is 3.07. The molecule has 1 amide bonds. The molecule has 0 spiro atoms. The Morgan fingerprint density at radius 3 is 2.52 bits per heavy atom. The summed E-state index contributed by atoms with van der Waals surface area (Å²) in [6, 6.07) is 5.95. The van der Waals surface area contributed by atoms with Crippen LogP contribution in [0.1, 0.15) is 68.1 Å². The number of fused-ring (bicyclic) bond motifs is 1. The summed E-state index contributed by atoms with van der Waals surface area (Å²) in [6.45, 7) is 8.93. The number of alkyl halides is 3. The Kier molecular flexibility index (Phi) is 8.34. The first-order valence-corrected chi connectivity index (χ1v) is 10.9. The summed E-state index contributed by atoms with van der Waals surface area (Å²) < 4.78 is 43.7. The number of rotatable bonds is 7. The van der Waals surface area contributed by atoms with E-state index >= 15 is 0 Å². The smallest absolute Gasteiger partial charge is 0.340 e. The second-order valence-electron chi connectivity index (χ2n) is 7.15. The van der Waals surface area contributed by atoms with Gasteiger partial charge in [0.2, 0.25) is 0 Å². The Labute approximate surface area is 174 Å². The number of carbonyl (C=O) groups is 1. The summed E-state index contributed by atoms with van der Waals surface area (Å²) in [6.07, 6.45) is -2.68. The summed E-state index contributed by atoms with van der Waals surface area (Å²) in [4.78, 5) is 16.3. The molecule has 160 valence electrons. The zero-order valence-electron chi connectivity index (χ0n) is 17.2. The molecular formula is C21H28F3N3OS. The molecular weight excluding hydrogens is 399 g/mol. The van der Waals surface area contributed by atoms with Crippen LogP contribution in [0.3, 0.4) is 0 Å². The first-order chi connectivity index (χ1) is 13.8. The molecule has 29 heavy (non-hydrogen) atoms. The number of halogens is 3. The summed E-state index contributed by atoms with van der Waals surface area (Å²) in [5.41, 5.74) is -0.271. The molecule has 1 aromatic carbocycles. The number of pyridine rings is 1. The Balaban J connectivity index is 0.00000145. The SMILES string of the molecule is CC.CC(C)CNSCNC(=O)c1ccc2cc(C3CC3)cc(C(F)(F)F)c2n1. The van der Waals surface area contributed by atoms with Crippen LogP contribution in [-0.2, 0) is 6.18 Å². The van der Waals surface area contributed by atoms with E-state index in [-0.39, 0.29) is 17.1 Å². The van der Waals surface area contributed by atoms with E-state index < -0.39 is 17.6 Å². The van der Waals surface area contributed by atoms with Gasteiger partial charge in [0.25, 0.3) is 5.91 Å². The highest BCUT2D eigenvalue weighted by atomic mass is 32.2. The molecule has 2 N–H and O–H groups in total. The van der Waals surface area contributed by atoms with E-state index in [1.54, 1.807) is 12.1 Å². The van der Waals surface area contributed by atoms with Gasteiger partial charge in [0.1, 0.15) is 5.69 Å². The predicted molar refractivity (Wildman–Crippen MR) is 113 cm³/mol. The van der Waals surface area contributed by atoms with Crippen molar-refractivity contribution in [2.75, 3.05) is 12.4 Å². The molecule has 0 atom stereocenters. The number of hydrogen-bond acceptors (Lipinski definition) is 4. The van der Waals surface area contributed by atoms with Gasteiger partial charge < -0.3 is 5.32 Å². The number of nitrogens with zero attached hydrogens (tertiary/aromatic N) is 1. The average molecular weight is 428 g/mol. The van der Waals surface area contributed by atoms with Gasteiger partial charge in [-0.1, -0.05) is 45.7 Å². The van der Waals surface area contributed by atoms with Crippen molar-refractivity contribution in [3.63, 3.8) is 0 Å². The van der Waals surface area contributed by atoms with Crippen LogP contribution in [0.15, 0.2) is 24.3 Å². The quantitative estimate of drug-likeness (QED) is 0.336. The van der Waals surface area contributed by atoms with Crippen LogP contribution in [0, 0.1) is 5.92 Å². The van der Waals surface area contributed by atoms with Crippen LogP contribution >= 0.6 is 11.9 Å². The topological polar surface area (TPSA) is 54.0 Å². The zero-order valence-corrected chi connectivity index (χ0v) is 18.0. The molecule has 1 saturated carbocycles. The lowest BCUT2D eigenvalue weighted by Crippen LogP contribution is -2.26. The molecule has 1 aliphatic carbocycles. The van der Waals surface area contributed by atoms with E-state index in [4.69, 9.17) is 0 Å². The Bertz CT molecular complexity index is 836. The van der Waals surface area contributed by atoms with Gasteiger partial charge in [0, 0.05) is 11.9 Å². The number of nitrogens with one attached hydrogen (secondary N) is 2. The third kappa shape index (κ3) is 6.60. The Morgan fingerprint density at radius 1 is 1.24 bits per heavy atom. The van der Waals surface area contributed by atoms with Crippen molar-refractivity contribution in [3.8, 4) is 0 Å². The van der Waals surface area contributed by atoms with Gasteiger partial charge in [0.05, 0.1) is 17.0 Å². The van der Waals surface area contributed by atoms with Crippen molar-refractivity contribution in [3.05, 3.63) is 41.1 Å². The number of benzene rings is 1. The van der Waals surface area contributed by atoms with Crippen LogP contribution in [-0.4, -0.2) is 23.3 Å². The third-order valence-corrected chi connectivity index (χ3v) is 4.96. The van der Waals surface area contributed by atoms with Crippen LogP contribution in [0.2, 0.25) is 0 Å². The molecule has 0 saturated heterocycles. The van der Waals surface area contributed by atoms with Gasteiger partial charge in [-0.25, -0.2) is 4.98 Å². The van der Waals surface area contributed by atoms with Crippen molar-refractivity contribution >= 4 is 28.8 Å². The highest BCUT2D eigenvalue weighted by molar-refractivity contribution is 7.97. The molecule has 8 heteroatoms. The second kappa shape index (κ2) is 10.3. The molecule has 0 bridgehead atoms. The molecule has 0 unspecified atom stereocenters. The first-order valence-electron chi connectivity index (χ1n) is 9.90. The lowest BCUT2D eigenvalue weighted by Gasteiger charge is -2.13. The molecule has 3 rings (SSSR count). The normalized spacial score (nSPS) is 13.9. The predicted octanol–water partition coefficient (Wildman–Crippen LogP) is 5.74. The first kappa shape index (κ1) is 23.5. The molecule has 2 aromatic rings. The fourth-order valence-electron chi connectivity index (χ4n) is 2.72. The van der Waals surface area contributed by atoms with Gasteiger partial charge in [-0.3, -0.25) is 9.52 Å². The largest absolute Gasteiger partial charge is 0.418 e. The lowest BCUT2D eigenvalue weighted by atomic mass is 10.0. The minimum absolute atomic E-state index is 0.0170. The van der Waals surface area contributed by atoms with Crippen molar-refractivity contribution < 1.29 is 18.0 Å². The minimum atomic E-state index is -4.51. The van der Waals surface area contributed by atoms with E-state index in [1.165, 1.54) is 24.1 Å². The zero-order chi connectivity index (χ0) is 21.6. The highest BCUT2D eigenvalue weighted by Crippen LogP contribution is 2.44. The van der Waals surface area contributed by atoms with Crippen molar-refractivity contribution in [1.82, 2.24) is 15.0 Å². The molecule has 4 nitrogen and oxygen atoms in total. The standard InChI is InChI=1S/C19H22F3N3OS.C2H6/c1-11(2)9-24-27-10-23-18(26)16-6-5-13-7-14(12-3-4-12)8-15(17(13)25-16)19(20,21)22;1-2/h5-8,11-12,24H,3-4,9-10H2,1-2H3,(H,23,26);1-2H3. The van der Waals surface area contributed by atoms with Gasteiger partial charge in [-0.05, 0) is 48.4 Å².